The van der Waals surface area contributed by atoms with Crippen molar-refractivity contribution in [3.05, 3.63) is 35.8 Å². The number of nitrogens with zero attached hydrogens (tertiary/aromatic N) is 5. The van der Waals surface area contributed by atoms with E-state index in [1.54, 1.807) is 0 Å². The van der Waals surface area contributed by atoms with Crippen molar-refractivity contribution in [2.24, 2.45) is 5.92 Å². The first kappa shape index (κ1) is 17.0. The van der Waals surface area contributed by atoms with Gasteiger partial charge in [-0.15, -0.1) is 0 Å². The molecule has 0 amide bonds. The van der Waals surface area contributed by atoms with Crippen LogP contribution in [-0.2, 0) is 6.54 Å². The number of hydrogen-bond acceptors (Lipinski definition) is 4. The Bertz CT molecular complexity index is 693. The Morgan fingerprint density at radius 1 is 1.00 bits per heavy atom. The van der Waals surface area contributed by atoms with E-state index in [4.69, 9.17) is 0 Å². The third-order valence-electron chi connectivity index (χ3n) is 5.94. The second-order valence-electron chi connectivity index (χ2n) is 8.01. The molecule has 0 N–H and O–H groups in total. The van der Waals surface area contributed by atoms with E-state index >= 15 is 0 Å². The predicted octanol–water partition coefficient (Wildman–Crippen LogP) is 2.10. The van der Waals surface area contributed by atoms with Gasteiger partial charge in [0.1, 0.15) is 5.65 Å². The molecule has 0 unspecified atom stereocenters. The molecule has 2 saturated heterocycles. The van der Waals surface area contributed by atoms with Gasteiger partial charge in [-0.05, 0) is 57.5 Å². The van der Waals surface area contributed by atoms with Gasteiger partial charge in [-0.25, -0.2) is 4.98 Å². The fourth-order valence-corrected chi connectivity index (χ4v) is 4.21. The van der Waals surface area contributed by atoms with Gasteiger partial charge in [0, 0.05) is 45.5 Å². The molecule has 0 atom stereocenters. The van der Waals surface area contributed by atoms with E-state index in [-0.39, 0.29) is 0 Å². The molecule has 136 valence electrons. The van der Waals surface area contributed by atoms with Gasteiger partial charge in [0.2, 0.25) is 0 Å². The maximum absolute atomic E-state index is 4.55. The second-order valence-corrected chi connectivity index (χ2v) is 8.01. The van der Waals surface area contributed by atoms with E-state index < -0.39 is 0 Å². The summed E-state index contributed by atoms with van der Waals surface area (Å²) in [5.74, 6) is 0.879. The summed E-state index contributed by atoms with van der Waals surface area (Å²) >= 11 is 0. The lowest BCUT2D eigenvalue weighted by molar-refractivity contribution is 0.103. The van der Waals surface area contributed by atoms with Crippen LogP contribution in [0, 0.1) is 12.8 Å². The summed E-state index contributed by atoms with van der Waals surface area (Å²) in [7, 11) is 2.23. The van der Waals surface area contributed by atoms with E-state index in [0.717, 1.165) is 18.1 Å². The summed E-state index contributed by atoms with van der Waals surface area (Å²) < 4.78 is 2.26. The van der Waals surface area contributed by atoms with Crippen LogP contribution < -0.4 is 0 Å². The fourth-order valence-electron chi connectivity index (χ4n) is 4.21. The molecule has 0 radical (unpaired) electrons. The number of fused-ring (bicyclic) bond motifs is 1. The van der Waals surface area contributed by atoms with Crippen LogP contribution in [0.3, 0.4) is 0 Å². The Morgan fingerprint density at radius 3 is 2.52 bits per heavy atom. The van der Waals surface area contributed by atoms with Crippen LogP contribution in [0.5, 0.6) is 0 Å². The van der Waals surface area contributed by atoms with E-state index in [1.807, 2.05) is 6.20 Å². The van der Waals surface area contributed by atoms with Gasteiger partial charge < -0.3 is 14.2 Å². The first-order chi connectivity index (χ1) is 12.2. The monoisotopic (exact) mass is 341 g/mol. The summed E-state index contributed by atoms with van der Waals surface area (Å²) in [6.07, 6.45) is 6.92. The maximum atomic E-state index is 4.55. The topological polar surface area (TPSA) is 27.0 Å². The molecule has 0 bridgehead atoms. The Kier molecular flexibility index (Phi) is 5.06. The molecule has 2 aromatic rings. The van der Waals surface area contributed by atoms with Crippen molar-refractivity contribution in [2.75, 3.05) is 52.9 Å². The summed E-state index contributed by atoms with van der Waals surface area (Å²) in [4.78, 5) is 12.3. The number of imidazole rings is 1. The molecule has 2 aliphatic heterocycles. The van der Waals surface area contributed by atoms with Gasteiger partial charge in [0.15, 0.2) is 0 Å². The molecule has 4 rings (SSSR count). The molecular weight excluding hydrogens is 310 g/mol. The van der Waals surface area contributed by atoms with Crippen molar-refractivity contribution >= 4 is 5.65 Å². The second kappa shape index (κ2) is 7.44. The lowest BCUT2D eigenvalue weighted by Crippen LogP contribution is -2.47. The van der Waals surface area contributed by atoms with Crippen LogP contribution in [0.4, 0.5) is 0 Å². The molecule has 0 saturated carbocycles. The molecule has 4 heterocycles. The maximum Gasteiger partial charge on any atom is 0.136 e. The number of hydrogen-bond donors (Lipinski definition) is 0. The Balaban J connectivity index is 1.29. The van der Waals surface area contributed by atoms with Crippen LogP contribution in [0.25, 0.3) is 5.65 Å². The zero-order chi connectivity index (χ0) is 17.2. The van der Waals surface area contributed by atoms with Gasteiger partial charge in [0.05, 0.1) is 11.9 Å². The Morgan fingerprint density at radius 2 is 1.76 bits per heavy atom. The van der Waals surface area contributed by atoms with Crippen LogP contribution in [0.2, 0.25) is 0 Å². The lowest BCUT2D eigenvalue weighted by atomic mass is 9.96. The van der Waals surface area contributed by atoms with Crippen molar-refractivity contribution < 1.29 is 0 Å². The molecule has 0 aliphatic carbocycles. The average Bonchev–Trinajstić information content (AvgIpc) is 3.01. The summed E-state index contributed by atoms with van der Waals surface area (Å²) in [6.45, 7) is 11.9. The molecule has 2 fully saturated rings. The van der Waals surface area contributed by atoms with Crippen molar-refractivity contribution in [1.29, 1.82) is 0 Å². The van der Waals surface area contributed by atoms with Crippen molar-refractivity contribution in [3.63, 3.8) is 0 Å². The molecule has 5 nitrogen and oxygen atoms in total. The molecule has 5 heteroatoms. The smallest absolute Gasteiger partial charge is 0.136 e. The van der Waals surface area contributed by atoms with Crippen molar-refractivity contribution in [2.45, 2.75) is 26.3 Å². The van der Waals surface area contributed by atoms with E-state index in [9.17, 15) is 0 Å². The molecule has 0 aromatic carbocycles. The number of piperazine rings is 1. The van der Waals surface area contributed by atoms with Crippen molar-refractivity contribution in [3.8, 4) is 0 Å². The summed E-state index contributed by atoms with van der Waals surface area (Å²) in [5.41, 5.74) is 3.67. The van der Waals surface area contributed by atoms with Gasteiger partial charge in [0.25, 0.3) is 0 Å². The van der Waals surface area contributed by atoms with Crippen LogP contribution in [0.1, 0.15) is 24.1 Å². The van der Waals surface area contributed by atoms with Crippen LogP contribution >= 0.6 is 0 Å². The molecule has 0 spiro atoms. The van der Waals surface area contributed by atoms with Gasteiger partial charge in [-0.1, -0.05) is 6.07 Å². The van der Waals surface area contributed by atoms with Crippen LogP contribution in [0.15, 0.2) is 24.5 Å². The molecular formula is C20H31N5. The number of aromatic nitrogens is 2. The average molecular weight is 342 g/mol. The molecule has 25 heavy (non-hydrogen) atoms. The number of piperidine rings is 1. The Labute approximate surface area is 151 Å². The van der Waals surface area contributed by atoms with Gasteiger partial charge in [-0.3, -0.25) is 4.90 Å². The number of pyridine rings is 1. The number of rotatable bonds is 4. The SMILES string of the molecule is Cc1ccc2ncc(CN3CCC(CN4CCN(C)CC4)CC3)n2c1. The van der Waals surface area contributed by atoms with Crippen LogP contribution in [-0.4, -0.2) is 76.9 Å². The first-order valence-corrected chi connectivity index (χ1v) is 9.73. The standard InChI is InChI=1S/C20H31N5/c1-17-3-4-20-21-13-19(25(20)14-17)16-23-7-5-18(6-8-23)15-24-11-9-22(2)10-12-24/h3-4,13-14,18H,5-12,15-16H2,1-2H3. The minimum atomic E-state index is 0.879. The fraction of sp³-hybridized carbons (Fsp3) is 0.650. The lowest BCUT2D eigenvalue weighted by Gasteiger charge is -2.37. The quantitative estimate of drug-likeness (QED) is 0.851. The van der Waals surface area contributed by atoms with E-state index in [1.165, 1.54) is 69.9 Å². The summed E-state index contributed by atoms with van der Waals surface area (Å²) in [6, 6.07) is 4.25. The first-order valence-electron chi connectivity index (χ1n) is 9.73. The minimum absolute atomic E-state index is 0.879. The Hall–Kier alpha value is -1.43. The molecule has 2 aromatic heterocycles. The highest BCUT2D eigenvalue weighted by Crippen LogP contribution is 2.21. The largest absolute Gasteiger partial charge is 0.304 e. The minimum Gasteiger partial charge on any atom is -0.304 e. The summed E-state index contributed by atoms with van der Waals surface area (Å²) in [5, 5.41) is 0. The number of likely N-dealkylation sites (N-methyl/N-ethyl adjacent to an activating group) is 1. The highest BCUT2D eigenvalue weighted by atomic mass is 15.2. The van der Waals surface area contributed by atoms with E-state index in [2.05, 4.69) is 56.4 Å². The molecule has 2 aliphatic rings. The van der Waals surface area contributed by atoms with Gasteiger partial charge >= 0.3 is 0 Å². The number of aryl methyl sites for hydroxylation is 1. The van der Waals surface area contributed by atoms with Crippen molar-refractivity contribution in [1.82, 2.24) is 24.1 Å². The van der Waals surface area contributed by atoms with Gasteiger partial charge in [-0.2, -0.15) is 0 Å². The third kappa shape index (κ3) is 4.05. The normalized spacial score (nSPS) is 22.0. The highest BCUT2D eigenvalue weighted by molar-refractivity contribution is 5.41. The third-order valence-corrected chi connectivity index (χ3v) is 5.94. The predicted molar refractivity (Wildman–Crippen MR) is 102 cm³/mol. The number of likely N-dealkylation sites (tertiary alicyclic amines) is 1. The van der Waals surface area contributed by atoms with E-state index in [0.29, 0.717) is 0 Å². The zero-order valence-corrected chi connectivity index (χ0v) is 15.7. The highest BCUT2D eigenvalue weighted by Gasteiger charge is 2.23. The zero-order valence-electron chi connectivity index (χ0n) is 15.7.